The Morgan fingerprint density at radius 2 is 2.00 bits per heavy atom. The molecule has 0 saturated heterocycles. The summed E-state index contributed by atoms with van der Waals surface area (Å²) in [7, 11) is 6.08. The van der Waals surface area contributed by atoms with Gasteiger partial charge in [-0.25, -0.2) is 0 Å². The van der Waals surface area contributed by atoms with E-state index in [0.29, 0.717) is 11.7 Å². The third kappa shape index (κ3) is 3.94. The number of rotatable bonds is 6. The first kappa shape index (κ1) is 15.3. The normalized spacial score (nSPS) is 12.3. The molecule has 0 radical (unpaired) electrons. The quantitative estimate of drug-likeness (QED) is 0.884. The second-order valence-corrected chi connectivity index (χ2v) is 5.48. The number of nitrogens with one attached hydrogen (secondary N) is 1. The number of hydrogen-bond donors (Lipinski definition) is 1. The van der Waals surface area contributed by atoms with E-state index < -0.39 is 0 Å². The molecule has 2 rings (SSSR count). The van der Waals surface area contributed by atoms with E-state index in [1.165, 1.54) is 5.56 Å². The lowest BCUT2D eigenvalue weighted by Gasteiger charge is -2.25. The monoisotopic (exact) mass is 282 g/mol. The van der Waals surface area contributed by atoms with Crippen molar-refractivity contribution in [2.75, 3.05) is 20.6 Å². The van der Waals surface area contributed by atoms with E-state index in [9.17, 15) is 0 Å². The van der Waals surface area contributed by atoms with Gasteiger partial charge < -0.3 is 14.8 Å². The molecule has 110 valence electrons. The SMILES string of the molecule is CN(C)C(CNCc1cc(C#N)n(C)c1)c1ccccc1. The molecular formula is C17H22N4. The second kappa shape index (κ2) is 7.07. The molecular weight excluding hydrogens is 260 g/mol. The van der Waals surface area contributed by atoms with E-state index in [1.807, 2.05) is 29.9 Å². The topological polar surface area (TPSA) is 44.0 Å². The summed E-state index contributed by atoms with van der Waals surface area (Å²) >= 11 is 0. The summed E-state index contributed by atoms with van der Waals surface area (Å²) in [6.45, 7) is 1.64. The van der Waals surface area contributed by atoms with E-state index >= 15 is 0 Å². The summed E-state index contributed by atoms with van der Waals surface area (Å²) in [6, 6.07) is 14.9. The fraction of sp³-hybridized carbons (Fsp3) is 0.353. The van der Waals surface area contributed by atoms with Gasteiger partial charge in [0.05, 0.1) is 0 Å². The van der Waals surface area contributed by atoms with Crippen LogP contribution in [0.5, 0.6) is 0 Å². The fourth-order valence-electron chi connectivity index (χ4n) is 2.47. The standard InChI is InChI=1S/C17H22N4/c1-20(2)17(15-7-5-4-6-8-15)12-19-11-14-9-16(10-18)21(3)13-14/h4-9,13,17,19H,11-12H2,1-3H3. The van der Waals surface area contributed by atoms with Crippen LogP contribution in [0, 0.1) is 11.3 Å². The summed E-state index contributed by atoms with van der Waals surface area (Å²) in [6.07, 6.45) is 2.00. The first-order chi connectivity index (χ1) is 10.1. The van der Waals surface area contributed by atoms with E-state index in [-0.39, 0.29) is 0 Å². The van der Waals surface area contributed by atoms with Crippen LogP contribution in [-0.2, 0) is 13.6 Å². The molecule has 1 unspecified atom stereocenters. The number of nitrogens with zero attached hydrogens (tertiary/aromatic N) is 3. The van der Waals surface area contributed by atoms with Crippen molar-refractivity contribution in [2.45, 2.75) is 12.6 Å². The smallest absolute Gasteiger partial charge is 0.120 e. The minimum absolute atomic E-state index is 0.338. The number of benzene rings is 1. The molecule has 0 amide bonds. The summed E-state index contributed by atoms with van der Waals surface area (Å²) in [5.41, 5.74) is 3.14. The van der Waals surface area contributed by atoms with E-state index in [0.717, 1.165) is 18.7 Å². The van der Waals surface area contributed by atoms with Crippen LogP contribution in [0.1, 0.15) is 22.9 Å². The first-order valence-corrected chi connectivity index (χ1v) is 7.09. The molecule has 0 bridgehead atoms. The third-order valence-electron chi connectivity index (χ3n) is 3.65. The van der Waals surface area contributed by atoms with Gasteiger partial charge in [-0.3, -0.25) is 0 Å². The Hall–Kier alpha value is -2.09. The van der Waals surface area contributed by atoms with Gasteiger partial charge in [-0.1, -0.05) is 30.3 Å². The largest absolute Gasteiger partial charge is 0.342 e. The Morgan fingerprint density at radius 3 is 2.57 bits per heavy atom. The van der Waals surface area contributed by atoms with Crippen LogP contribution >= 0.6 is 0 Å². The Kier molecular flexibility index (Phi) is 5.15. The first-order valence-electron chi connectivity index (χ1n) is 7.09. The van der Waals surface area contributed by atoms with Gasteiger partial charge >= 0.3 is 0 Å². The zero-order valence-electron chi connectivity index (χ0n) is 12.9. The molecule has 1 heterocycles. The van der Waals surface area contributed by atoms with Gasteiger partial charge in [-0.2, -0.15) is 5.26 Å². The van der Waals surface area contributed by atoms with E-state index in [1.54, 1.807) is 0 Å². The average molecular weight is 282 g/mol. The Labute approximate surface area is 126 Å². The Bertz CT molecular complexity index is 607. The number of likely N-dealkylation sites (N-methyl/N-ethyl adjacent to an activating group) is 1. The molecule has 0 fully saturated rings. The molecule has 0 aliphatic heterocycles. The van der Waals surface area contributed by atoms with Crippen molar-refractivity contribution >= 4 is 0 Å². The third-order valence-corrected chi connectivity index (χ3v) is 3.65. The molecule has 1 aromatic heterocycles. The molecule has 1 aromatic carbocycles. The maximum absolute atomic E-state index is 8.97. The average Bonchev–Trinajstić information content (AvgIpc) is 2.84. The van der Waals surface area contributed by atoms with Crippen LogP contribution in [0.15, 0.2) is 42.6 Å². The van der Waals surface area contributed by atoms with Crippen molar-refractivity contribution in [1.82, 2.24) is 14.8 Å². The summed E-state index contributed by atoms with van der Waals surface area (Å²) in [5.74, 6) is 0. The molecule has 0 aliphatic carbocycles. The van der Waals surface area contributed by atoms with Crippen molar-refractivity contribution in [3.05, 3.63) is 59.4 Å². The highest BCUT2D eigenvalue weighted by molar-refractivity contribution is 5.28. The van der Waals surface area contributed by atoms with Crippen LogP contribution in [0.2, 0.25) is 0 Å². The van der Waals surface area contributed by atoms with Crippen molar-refractivity contribution in [2.24, 2.45) is 7.05 Å². The van der Waals surface area contributed by atoms with Crippen molar-refractivity contribution in [3.8, 4) is 6.07 Å². The van der Waals surface area contributed by atoms with Gasteiger partial charge in [-0.05, 0) is 31.3 Å². The minimum atomic E-state index is 0.338. The van der Waals surface area contributed by atoms with Crippen molar-refractivity contribution in [3.63, 3.8) is 0 Å². The van der Waals surface area contributed by atoms with Crippen LogP contribution in [0.3, 0.4) is 0 Å². The van der Waals surface area contributed by atoms with Gasteiger partial charge in [0.1, 0.15) is 11.8 Å². The molecule has 2 aromatic rings. The number of nitriles is 1. The van der Waals surface area contributed by atoms with Gasteiger partial charge in [0, 0.05) is 32.4 Å². The molecule has 4 heteroatoms. The lowest BCUT2D eigenvalue weighted by atomic mass is 10.1. The van der Waals surface area contributed by atoms with Gasteiger partial charge in [0.2, 0.25) is 0 Å². The molecule has 4 nitrogen and oxygen atoms in total. The van der Waals surface area contributed by atoms with Crippen LogP contribution in [-0.4, -0.2) is 30.1 Å². The zero-order valence-corrected chi connectivity index (χ0v) is 12.9. The predicted molar refractivity (Wildman–Crippen MR) is 84.7 cm³/mol. The van der Waals surface area contributed by atoms with Gasteiger partial charge in [0.25, 0.3) is 0 Å². The van der Waals surface area contributed by atoms with Crippen LogP contribution in [0.4, 0.5) is 0 Å². The number of hydrogen-bond acceptors (Lipinski definition) is 3. The Balaban J connectivity index is 1.95. The van der Waals surface area contributed by atoms with Crippen molar-refractivity contribution in [1.29, 1.82) is 5.26 Å². The van der Waals surface area contributed by atoms with E-state index in [4.69, 9.17) is 5.26 Å². The number of aryl methyl sites for hydroxylation is 1. The highest BCUT2D eigenvalue weighted by atomic mass is 15.1. The molecule has 0 saturated carbocycles. The predicted octanol–water partition coefficient (Wildman–Crippen LogP) is 2.29. The summed E-state index contributed by atoms with van der Waals surface area (Å²) < 4.78 is 1.86. The molecule has 1 atom stereocenters. The lowest BCUT2D eigenvalue weighted by Crippen LogP contribution is -2.30. The van der Waals surface area contributed by atoms with Crippen molar-refractivity contribution < 1.29 is 0 Å². The highest BCUT2D eigenvalue weighted by Crippen LogP contribution is 2.17. The second-order valence-electron chi connectivity index (χ2n) is 5.48. The number of aromatic nitrogens is 1. The van der Waals surface area contributed by atoms with Crippen LogP contribution < -0.4 is 5.32 Å². The van der Waals surface area contributed by atoms with Gasteiger partial charge in [0.15, 0.2) is 0 Å². The minimum Gasteiger partial charge on any atom is -0.342 e. The molecule has 21 heavy (non-hydrogen) atoms. The summed E-state index contributed by atoms with van der Waals surface area (Å²) in [5, 5.41) is 12.5. The van der Waals surface area contributed by atoms with E-state index in [2.05, 4.69) is 54.6 Å². The fourth-order valence-corrected chi connectivity index (χ4v) is 2.47. The molecule has 1 N–H and O–H groups in total. The van der Waals surface area contributed by atoms with Gasteiger partial charge in [-0.15, -0.1) is 0 Å². The zero-order chi connectivity index (χ0) is 15.2. The lowest BCUT2D eigenvalue weighted by molar-refractivity contribution is 0.288. The van der Waals surface area contributed by atoms with Crippen LogP contribution in [0.25, 0.3) is 0 Å². The highest BCUT2D eigenvalue weighted by Gasteiger charge is 2.13. The Morgan fingerprint density at radius 1 is 1.29 bits per heavy atom. The maximum Gasteiger partial charge on any atom is 0.120 e. The summed E-state index contributed by atoms with van der Waals surface area (Å²) in [4.78, 5) is 2.22. The molecule has 0 spiro atoms. The molecule has 0 aliphatic rings. The maximum atomic E-state index is 8.97.